The summed E-state index contributed by atoms with van der Waals surface area (Å²) in [5.41, 5.74) is 0. The minimum Gasteiger partial charge on any atom is -0.215 e. The molecule has 0 saturated carbocycles. The molecule has 1 aliphatic heterocycles. The van der Waals surface area contributed by atoms with Gasteiger partial charge in [0.05, 0.1) is 5.75 Å². The first-order valence-corrected chi connectivity index (χ1v) is 4.54. The van der Waals surface area contributed by atoms with E-state index in [1.807, 2.05) is 0 Å². The second-order valence-corrected chi connectivity index (χ2v) is 3.92. The van der Waals surface area contributed by atoms with Crippen LogP contribution in [0.1, 0.15) is 12.8 Å². The molecule has 0 bridgehead atoms. The summed E-state index contributed by atoms with van der Waals surface area (Å²) in [6, 6.07) is 0. The zero-order chi connectivity index (χ0) is 6.74. The second kappa shape index (κ2) is 2.66. The molecule has 1 rings (SSSR count). The second-order valence-electron chi connectivity index (χ2n) is 1.99. The van der Waals surface area contributed by atoms with Gasteiger partial charge >= 0.3 is 0 Å². The van der Waals surface area contributed by atoms with Crippen molar-refractivity contribution < 1.29 is 8.42 Å². The topological polar surface area (TPSA) is 46.2 Å². The highest BCUT2D eigenvalue weighted by atomic mass is 32.2. The van der Waals surface area contributed by atoms with Crippen molar-refractivity contribution >= 4 is 10.0 Å². The Kier molecular flexibility index (Phi) is 2.08. The van der Waals surface area contributed by atoms with E-state index in [9.17, 15) is 8.42 Å². The van der Waals surface area contributed by atoms with Crippen molar-refractivity contribution in [2.45, 2.75) is 12.8 Å². The van der Waals surface area contributed by atoms with Crippen molar-refractivity contribution in [3.63, 3.8) is 0 Å². The van der Waals surface area contributed by atoms with Crippen molar-refractivity contribution in [1.82, 2.24) is 4.72 Å². The number of hydrogen-bond donors (Lipinski definition) is 1. The van der Waals surface area contributed by atoms with Crippen LogP contribution in [0.15, 0.2) is 0 Å². The van der Waals surface area contributed by atoms with Crippen molar-refractivity contribution in [3.05, 3.63) is 6.42 Å². The van der Waals surface area contributed by atoms with Gasteiger partial charge in [-0.25, -0.2) is 13.1 Å². The van der Waals surface area contributed by atoms with Crippen LogP contribution < -0.4 is 4.72 Å². The van der Waals surface area contributed by atoms with Crippen LogP contribution in [0.5, 0.6) is 0 Å². The molecule has 0 aromatic heterocycles. The summed E-state index contributed by atoms with van der Waals surface area (Å²) in [6.45, 7) is 0.377. The molecule has 0 atom stereocenters. The maximum absolute atomic E-state index is 10.7. The molecule has 0 unspecified atom stereocenters. The number of rotatable bonds is 0. The summed E-state index contributed by atoms with van der Waals surface area (Å²) in [4.78, 5) is 0. The molecular weight excluding hydrogens is 138 g/mol. The highest BCUT2D eigenvalue weighted by molar-refractivity contribution is 7.89. The predicted molar refractivity (Wildman–Crippen MR) is 34.3 cm³/mol. The Morgan fingerprint density at radius 1 is 1.44 bits per heavy atom. The molecule has 1 saturated heterocycles. The zero-order valence-corrected chi connectivity index (χ0v) is 5.87. The third-order valence-corrected chi connectivity index (χ3v) is 2.59. The van der Waals surface area contributed by atoms with Gasteiger partial charge in [0.2, 0.25) is 10.0 Å². The number of hydrogen-bond acceptors (Lipinski definition) is 2. The maximum atomic E-state index is 10.7. The average molecular weight is 147 g/mol. The molecule has 0 aliphatic carbocycles. The Hall–Kier alpha value is -0.0900. The molecule has 3 nitrogen and oxygen atoms in total. The third-order valence-electron chi connectivity index (χ3n) is 1.18. The van der Waals surface area contributed by atoms with E-state index < -0.39 is 10.0 Å². The lowest BCUT2D eigenvalue weighted by Crippen LogP contribution is -2.24. The number of sulfonamides is 1. The minimum absolute atomic E-state index is 0.250. The predicted octanol–water partition coefficient (Wildman–Crippen LogP) is -0.219. The molecule has 1 N–H and O–H groups in total. The van der Waals surface area contributed by atoms with Crippen molar-refractivity contribution in [3.8, 4) is 0 Å². The van der Waals surface area contributed by atoms with Crippen molar-refractivity contribution in [2.75, 3.05) is 12.3 Å². The lowest BCUT2D eigenvalue weighted by atomic mass is 10.3. The summed E-state index contributed by atoms with van der Waals surface area (Å²) in [6.07, 6.45) is 4.40. The van der Waals surface area contributed by atoms with E-state index in [0.29, 0.717) is 13.0 Å². The monoisotopic (exact) mass is 147 g/mol. The van der Waals surface area contributed by atoms with Gasteiger partial charge < -0.3 is 0 Å². The summed E-state index contributed by atoms with van der Waals surface area (Å²) in [5.74, 6) is 0.250. The van der Waals surface area contributed by atoms with Gasteiger partial charge in [-0.05, 0) is 19.3 Å². The van der Waals surface area contributed by atoms with Crippen LogP contribution in [0.2, 0.25) is 0 Å². The largest absolute Gasteiger partial charge is 0.215 e. The first-order chi connectivity index (χ1) is 4.21. The van der Waals surface area contributed by atoms with Crippen LogP contribution in [0, 0.1) is 6.42 Å². The van der Waals surface area contributed by atoms with Gasteiger partial charge in [0.1, 0.15) is 0 Å². The molecule has 0 amide bonds. The van der Waals surface area contributed by atoms with Crippen LogP contribution in [0.4, 0.5) is 0 Å². The maximum Gasteiger partial charge on any atom is 0.211 e. The van der Waals surface area contributed by atoms with E-state index in [0.717, 1.165) is 6.42 Å². The summed E-state index contributed by atoms with van der Waals surface area (Å²) >= 11 is 0. The Balaban J connectivity index is 2.56. The fraction of sp³-hybridized carbons (Fsp3) is 0.800. The third kappa shape index (κ3) is 2.32. The van der Waals surface area contributed by atoms with Crippen LogP contribution in [-0.2, 0) is 10.0 Å². The van der Waals surface area contributed by atoms with Gasteiger partial charge in [-0.2, -0.15) is 0 Å². The Morgan fingerprint density at radius 3 is 3.00 bits per heavy atom. The van der Waals surface area contributed by atoms with E-state index in [4.69, 9.17) is 0 Å². The summed E-state index contributed by atoms with van der Waals surface area (Å²) in [5, 5.41) is 0. The van der Waals surface area contributed by atoms with Crippen molar-refractivity contribution in [2.24, 2.45) is 0 Å². The molecule has 1 fully saturated rings. The molecule has 2 radical (unpaired) electrons. The number of nitrogens with one attached hydrogen (secondary N) is 1. The highest BCUT2D eigenvalue weighted by Crippen LogP contribution is 2.01. The summed E-state index contributed by atoms with van der Waals surface area (Å²) < 4.78 is 23.8. The Morgan fingerprint density at radius 2 is 2.22 bits per heavy atom. The van der Waals surface area contributed by atoms with Gasteiger partial charge in [-0.3, -0.25) is 0 Å². The van der Waals surface area contributed by atoms with Crippen LogP contribution in [-0.4, -0.2) is 20.7 Å². The molecule has 0 aromatic rings. The first-order valence-electron chi connectivity index (χ1n) is 2.89. The van der Waals surface area contributed by atoms with E-state index in [-0.39, 0.29) is 5.75 Å². The van der Waals surface area contributed by atoms with Crippen molar-refractivity contribution in [1.29, 1.82) is 0 Å². The Bertz CT molecular complexity index is 159. The van der Waals surface area contributed by atoms with Crippen LogP contribution >= 0.6 is 0 Å². The normalized spacial score (nSPS) is 27.1. The fourth-order valence-corrected chi connectivity index (χ4v) is 1.70. The molecule has 1 aliphatic rings. The van der Waals surface area contributed by atoms with E-state index in [2.05, 4.69) is 11.1 Å². The van der Waals surface area contributed by atoms with Gasteiger partial charge in [0.15, 0.2) is 0 Å². The smallest absolute Gasteiger partial charge is 0.211 e. The van der Waals surface area contributed by atoms with E-state index in [1.54, 1.807) is 0 Å². The molecule has 52 valence electrons. The SMILES string of the molecule is O=S1(=O)CCC[C]CN1. The molecule has 0 spiro atoms. The van der Waals surface area contributed by atoms with Gasteiger partial charge in [0, 0.05) is 6.54 Å². The lowest BCUT2D eigenvalue weighted by molar-refractivity contribution is 0.586. The first kappa shape index (κ1) is 7.02. The molecule has 4 heteroatoms. The standard InChI is InChI=1S/C5H9NO2S/c7-9(8)5-3-1-2-4-6-9/h6H,1,3-5H2. The van der Waals surface area contributed by atoms with E-state index in [1.165, 1.54) is 0 Å². The van der Waals surface area contributed by atoms with Gasteiger partial charge in [0.25, 0.3) is 0 Å². The van der Waals surface area contributed by atoms with E-state index >= 15 is 0 Å². The quantitative estimate of drug-likeness (QED) is 0.515. The lowest BCUT2D eigenvalue weighted by Gasteiger charge is -1.96. The fourth-order valence-electron chi connectivity index (χ4n) is 0.709. The minimum atomic E-state index is -2.93. The van der Waals surface area contributed by atoms with Gasteiger partial charge in [-0.15, -0.1) is 0 Å². The molecule has 9 heavy (non-hydrogen) atoms. The zero-order valence-electron chi connectivity index (χ0n) is 5.05. The Labute approximate surface area is 55.5 Å². The average Bonchev–Trinajstić information content (AvgIpc) is 1.92. The molecule has 0 aromatic carbocycles. The molecular formula is C5H9NO2S. The molecule has 1 heterocycles. The summed E-state index contributed by atoms with van der Waals surface area (Å²) in [7, 11) is -2.93. The van der Waals surface area contributed by atoms with Crippen LogP contribution in [0.3, 0.4) is 0 Å². The van der Waals surface area contributed by atoms with Crippen LogP contribution in [0.25, 0.3) is 0 Å². The highest BCUT2D eigenvalue weighted by Gasteiger charge is 2.11. The van der Waals surface area contributed by atoms with Gasteiger partial charge in [-0.1, -0.05) is 0 Å².